The Morgan fingerprint density at radius 3 is 1.17 bits per heavy atom. The van der Waals surface area contributed by atoms with Gasteiger partial charge in [-0.05, 0) is 83.5 Å². The first kappa shape index (κ1) is 54.9. The van der Waals surface area contributed by atoms with Crippen molar-refractivity contribution in [2.75, 3.05) is 13.2 Å². The molecule has 0 spiro atoms. The summed E-state index contributed by atoms with van der Waals surface area (Å²) >= 11 is 0. The van der Waals surface area contributed by atoms with Crippen LogP contribution in [-0.4, -0.2) is 37.2 Å². The molecule has 1 atom stereocenters. The van der Waals surface area contributed by atoms with E-state index in [0.29, 0.717) is 19.3 Å². The van der Waals surface area contributed by atoms with Gasteiger partial charge in [0.15, 0.2) is 6.10 Å². The van der Waals surface area contributed by atoms with Crippen LogP contribution in [0.5, 0.6) is 0 Å². The molecule has 0 aliphatic heterocycles. The Labute approximate surface area is 357 Å². The molecule has 0 saturated heterocycles. The van der Waals surface area contributed by atoms with Crippen molar-refractivity contribution in [3.05, 3.63) is 72.9 Å². The molecule has 0 aliphatic rings. The molecule has 0 N–H and O–H groups in total. The molecular formula is C52H88O6. The number of hydrogen-bond donors (Lipinski definition) is 0. The normalized spacial score (nSPS) is 12.7. The van der Waals surface area contributed by atoms with Crippen molar-refractivity contribution in [1.29, 1.82) is 0 Å². The van der Waals surface area contributed by atoms with Crippen LogP contribution in [-0.2, 0) is 28.6 Å². The van der Waals surface area contributed by atoms with Crippen LogP contribution in [0.1, 0.15) is 220 Å². The lowest BCUT2D eigenvalue weighted by molar-refractivity contribution is -0.166. The van der Waals surface area contributed by atoms with Gasteiger partial charge in [0.05, 0.1) is 0 Å². The number of rotatable bonds is 42. The van der Waals surface area contributed by atoms with Crippen LogP contribution in [0.2, 0.25) is 0 Å². The van der Waals surface area contributed by atoms with Crippen LogP contribution in [0, 0.1) is 0 Å². The van der Waals surface area contributed by atoms with Gasteiger partial charge in [0.2, 0.25) is 0 Å². The Kier molecular flexibility index (Phi) is 44.0. The summed E-state index contributed by atoms with van der Waals surface area (Å²) in [5, 5.41) is 0. The molecule has 6 nitrogen and oxygen atoms in total. The SMILES string of the molecule is CCCC/C=C\C=C/CCCCCC(=O)OCC(COC(=O)CCCCC/C=C\C=C/CCCCCCCCC)OC(=O)CC/C=C\C/C=C\CCCCCCCC. The molecule has 6 heteroatoms. The smallest absolute Gasteiger partial charge is 0.306 e. The molecule has 332 valence electrons. The number of ether oxygens (including phenoxy) is 3. The Hall–Kier alpha value is -3.15. The van der Waals surface area contributed by atoms with Gasteiger partial charge >= 0.3 is 17.9 Å². The van der Waals surface area contributed by atoms with E-state index in [1.54, 1.807) is 0 Å². The minimum Gasteiger partial charge on any atom is -0.462 e. The maximum absolute atomic E-state index is 12.7. The second-order valence-electron chi connectivity index (χ2n) is 15.7. The topological polar surface area (TPSA) is 78.9 Å². The van der Waals surface area contributed by atoms with Crippen LogP contribution >= 0.6 is 0 Å². The van der Waals surface area contributed by atoms with Crippen molar-refractivity contribution in [2.45, 2.75) is 226 Å². The number of unbranched alkanes of at least 4 members (excludes halogenated alkanes) is 21. The summed E-state index contributed by atoms with van der Waals surface area (Å²) in [4.78, 5) is 37.7. The molecule has 58 heavy (non-hydrogen) atoms. The van der Waals surface area contributed by atoms with E-state index in [9.17, 15) is 14.4 Å². The first-order valence-electron chi connectivity index (χ1n) is 24.0. The standard InChI is InChI=1S/C52H88O6/c1-4-7-10-13-16-19-22-24-25-26-28-30-33-36-39-42-45-51(54)57-48-49(47-56-50(53)44-41-38-35-32-29-21-18-15-12-9-6-3)58-52(55)46-43-40-37-34-31-27-23-20-17-14-11-8-5-2/h15,18,21,25-31,37,40,49H,4-14,16-17,19-20,22-24,32-36,38-39,41-48H2,1-3H3/b18-15-,26-25-,29-21-,30-28-,31-27-,40-37-. The zero-order valence-electron chi connectivity index (χ0n) is 37.8. The summed E-state index contributed by atoms with van der Waals surface area (Å²) in [6.07, 6.45) is 57.6. The quantitative estimate of drug-likeness (QED) is 0.0201. The predicted molar refractivity (Wildman–Crippen MR) is 247 cm³/mol. The molecule has 0 saturated carbocycles. The molecule has 0 aromatic rings. The van der Waals surface area contributed by atoms with Gasteiger partial charge in [-0.25, -0.2) is 0 Å². The minimum absolute atomic E-state index is 0.121. The van der Waals surface area contributed by atoms with Gasteiger partial charge in [-0.15, -0.1) is 0 Å². The Balaban J connectivity index is 4.52. The lowest BCUT2D eigenvalue weighted by atomic mass is 10.1. The summed E-state index contributed by atoms with van der Waals surface area (Å²) in [5.74, 6) is -1.05. The molecule has 0 amide bonds. The van der Waals surface area contributed by atoms with Crippen LogP contribution in [0.15, 0.2) is 72.9 Å². The highest BCUT2D eigenvalue weighted by Gasteiger charge is 2.19. The predicted octanol–water partition coefficient (Wildman–Crippen LogP) is 15.5. The van der Waals surface area contributed by atoms with E-state index in [1.165, 1.54) is 96.3 Å². The van der Waals surface area contributed by atoms with Crippen molar-refractivity contribution >= 4 is 17.9 Å². The van der Waals surface area contributed by atoms with Crippen LogP contribution < -0.4 is 0 Å². The van der Waals surface area contributed by atoms with E-state index < -0.39 is 12.1 Å². The Bertz CT molecular complexity index is 1110. The molecule has 0 rings (SSSR count). The van der Waals surface area contributed by atoms with Gasteiger partial charge in [0.25, 0.3) is 0 Å². The maximum atomic E-state index is 12.7. The third kappa shape index (κ3) is 44.0. The van der Waals surface area contributed by atoms with Gasteiger partial charge in [0.1, 0.15) is 13.2 Å². The van der Waals surface area contributed by atoms with Gasteiger partial charge < -0.3 is 14.2 Å². The highest BCUT2D eigenvalue weighted by molar-refractivity contribution is 5.71. The average molecular weight is 809 g/mol. The first-order valence-corrected chi connectivity index (χ1v) is 24.0. The monoisotopic (exact) mass is 809 g/mol. The number of allylic oxidation sites excluding steroid dienone is 12. The largest absolute Gasteiger partial charge is 0.462 e. The molecule has 0 bridgehead atoms. The van der Waals surface area contributed by atoms with Crippen LogP contribution in [0.4, 0.5) is 0 Å². The molecule has 0 fully saturated rings. The summed E-state index contributed by atoms with van der Waals surface area (Å²) in [6, 6.07) is 0. The fraction of sp³-hybridized carbons (Fsp3) is 0.712. The van der Waals surface area contributed by atoms with Gasteiger partial charge in [-0.1, -0.05) is 190 Å². The minimum atomic E-state index is -0.825. The molecular weight excluding hydrogens is 721 g/mol. The second kappa shape index (κ2) is 46.5. The van der Waals surface area contributed by atoms with Crippen LogP contribution in [0.25, 0.3) is 0 Å². The second-order valence-corrected chi connectivity index (χ2v) is 15.7. The lowest BCUT2D eigenvalue weighted by Crippen LogP contribution is -2.30. The zero-order valence-corrected chi connectivity index (χ0v) is 37.8. The Morgan fingerprint density at radius 2 is 0.724 bits per heavy atom. The van der Waals surface area contributed by atoms with E-state index in [2.05, 4.69) is 87.6 Å². The fourth-order valence-corrected chi connectivity index (χ4v) is 6.28. The van der Waals surface area contributed by atoms with Crippen molar-refractivity contribution in [2.24, 2.45) is 0 Å². The highest BCUT2D eigenvalue weighted by atomic mass is 16.6. The van der Waals surface area contributed by atoms with E-state index in [-0.39, 0.29) is 31.6 Å². The number of carbonyl (C=O) groups excluding carboxylic acids is 3. The van der Waals surface area contributed by atoms with Crippen molar-refractivity contribution in [1.82, 2.24) is 0 Å². The van der Waals surface area contributed by atoms with E-state index in [4.69, 9.17) is 14.2 Å². The summed E-state index contributed by atoms with van der Waals surface area (Å²) in [7, 11) is 0. The molecule has 0 aromatic heterocycles. The number of carbonyl (C=O) groups is 3. The summed E-state index contributed by atoms with van der Waals surface area (Å²) in [5.41, 5.74) is 0. The summed E-state index contributed by atoms with van der Waals surface area (Å²) < 4.78 is 16.6. The van der Waals surface area contributed by atoms with Crippen molar-refractivity contribution in [3.8, 4) is 0 Å². The van der Waals surface area contributed by atoms with Gasteiger partial charge in [0, 0.05) is 19.3 Å². The third-order valence-corrected chi connectivity index (χ3v) is 9.97. The van der Waals surface area contributed by atoms with Gasteiger partial charge in [-0.3, -0.25) is 14.4 Å². The van der Waals surface area contributed by atoms with E-state index in [0.717, 1.165) is 77.0 Å². The molecule has 0 aliphatic carbocycles. The third-order valence-electron chi connectivity index (χ3n) is 9.97. The van der Waals surface area contributed by atoms with Crippen molar-refractivity contribution in [3.63, 3.8) is 0 Å². The molecule has 1 unspecified atom stereocenters. The number of hydrogen-bond acceptors (Lipinski definition) is 6. The fourth-order valence-electron chi connectivity index (χ4n) is 6.28. The first-order chi connectivity index (χ1) is 28.5. The van der Waals surface area contributed by atoms with Crippen LogP contribution in [0.3, 0.4) is 0 Å². The van der Waals surface area contributed by atoms with Gasteiger partial charge in [-0.2, -0.15) is 0 Å². The molecule has 0 radical (unpaired) electrons. The Morgan fingerprint density at radius 1 is 0.362 bits per heavy atom. The highest BCUT2D eigenvalue weighted by Crippen LogP contribution is 2.12. The van der Waals surface area contributed by atoms with Crippen molar-refractivity contribution < 1.29 is 28.6 Å². The molecule has 0 heterocycles. The van der Waals surface area contributed by atoms with E-state index in [1.807, 2.05) is 6.08 Å². The lowest BCUT2D eigenvalue weighted by Gasteiger charge is -2.18. The summed E-state index contributed by atoms with van der Waals surface area (Å²) in [6.45, 7) is 6.46. The maximum Gasteiger partial charge on any atom is 0.306 e. The molecule has 0 aromatic carbocycles. The average Bonchev–Trinajstić information content (AvgIpc) is 3.22. The number of esters is 3. The zero-order chi connectivity index (χ0) is 42.3. The van der Waals surface area contributed by atoms with E-state index >= 15 is 0 Å².